The van der Waals surface area contributed by atoms with Gasteiger partial charge in [-0.1, -0.05) is 0 Å². The largest absolute Gasteiger partial charge is 0.461 e. The number of rotatable bonds is 4. The minimum Gasteiger partial charge on any atom is -0.461 e. The normalized spacial score (nSPS) is 9.14. The van der Waals surface area contributed by atoms with Gasteiger partial charge in [0.05, 0.1) is 12.2 Å². The summed E-state index contributed by atoms with van der Waals surface area (Å²) >= 11 is 0. The average molecular weight is 194 g/mol. The van der Waals surface area contributed by atoms with Crippen LogP contribution in [0.2, 0.25) is 0 Å². The summed E-state index contributed by atoms with van der Waals surface area (Å²) in [7, 11) is 0. The Bertz CT molecular complexity index is 264. The highest BCUT2D eigenvalue weighted by atomic mass is 16.7. The van der Waals surface area contributed by atoms with E-state index >= 15 is 0 Å². The first-order valence-corrected chi connectivity index (χ1v) is 4.39. The van der Waals surface area contributed by atoms with Gasteiger partial charge in [0.25, 0.3) is 0 Å². The van der Waals surface area contributed by atoms with E-state index in [0.29, 0.717) is 0 Å². The third-order valence-corrected chi connectivity index (χ3v) is 1.11. The highest BCUT2D eigenvalue weighted by Gasteiger charge is 2.12. The summed E-state index contributed by atoms with van der Waals surface area (Å²) in [5.74, 6) is 0.0139. The predicted octanol–water partition coefficient (Wildman–Crippen LogP) is 2.10. The Morgan fingerprint density at radius 3 is 1.50 bits per heavy atom. The zero-order valence-electron chi connectivity index (χ0n) is 8.87. The van der Waals surface area contributed by atoms with Gasteiger partial charge < -0.3 is 9.47 Å². The topological polar surface area (TPSA) is 66.0 Å². The van der Waals surface area contributed by atoms with Crippen LogP contribution in [0.5, 0.6) is 0 Å². The Morgan fingerprint density at radius 2 is 1.29 bits per heavy atom. The SMILES string of the molecule is CC(C)OC(OC(C)C)=C(C#N)C#N. The minimum absolute atomic E-state index is 0.0139. The molecular weight excluding hydrogens is 180 g/mol. The summed E-state index contributed by atoms with van der Waals surface area (Å²) in [4.78, 5) is 0. The summed E-state index contributed by atoms with van der Waals surface area (Å²) in [5, 5.41) is 17.3. The maximum atomic E-state index is 8.63. The van der Waals surface area contributed by atoms with Gasteiger partial charge in [-0.25, -0.2) is 0 Å². The first-order chi connectivity index (χ1) is 6.51. The molecule has 0 saturated heterocycles. The van der Waals surface area contributed by atoms with E-state index in [-0.39, 0.29) is 23.7 Å². The van der Waals surface area contributed by atoms with E-state index in [1.165, 1.54) is 0 Å². The van der Waals surface area contributed by atoms with Gasteiger partial charge in [-0.2, -0.15) is 10.5 Å². The molecule has 14 heavy (non-hydrogen) atoms. The van der Waals surface area contributed by atoms with Crippen LogP contribution in [0, 0.1) is 22.7 Å². The van der Waals surface area contributed by atoms with Gasteiger partial charge in [-0.3, -0.25) is 0 Å². The first kappa shape index (κ1) is 12.3. The Labute approximate surface area is 84.3 Å². The number of nitriles is 2. The molecule has 76 valence electrons. The van der Waals surface area contributed by atoms with Crippen LogP contribution < -0.4 is 0 Å². The van der Waals surface area contributed by atoms with Gasteiger partial charge in [0.2, 0.25) is 5.57 Å². The van der Waals surface area contributed by atoms with Gasteiger partial charge in [0.1, 0.15) is 12.1 Å². The van der Waals surface area contributed by atoms with Gasteiger partial charge in [0.15, 0.2) is 0 Å². The third-order valence-electron chi connectivity index (χ3n) is 1.11. The molecular formula is C10H14N2O2. The Morgan fingerprint density at radius 1 is 0.929 bits per heavy atom. The van der Waals surface area contributed by atoms with E-state index in [4.69, 9.17) is 20.0 Å². The van der Waals surface area contributed by atoms with E-state index in [1.807, 2.05) is 0 Å². The fraction of sp³-hybridized carbons (Fsp3) is 0.600. The van der Waals surface area contributed by atoms with Crippen molar-refractivity contribution in [2.24, 2.45) is 0 Å². The van der Waals surface area contributed by atoms with Crippen LogP contribution in [0.15, 0.2) is 11.5 Å². The molecule has 0 heterocycles. The average Bonchev–Trinajstić information content (AvgIpc) is 2.03. The van der Waals surface area contributed by atoms with Gasteiger partial charge in [-0.05, 0) is 27.7 Å². The summed E-state index contributed by atoms with van der Waals surface area (Å²) in [6.07, 6.45) is -0.249. The molecule has 0 radical (unpaired) electrons. The third kappa shape index (κ3) is 4.37. The highest BCUT2D eigenvalue weighted by Crippen LogP contribution is 2.12. The molecule has 0 aliphatic heterocycles. The van der Waals surface area contributed by atoms with Crippen LogP contribution in [0.25, 0.3) is 0 Å². The maximum absolute atomic E-state index is 8.63. The molecule has 4 nitrogen and oxygen atoms in total. The number of ether oxygens (including phenoxy) is 2. The zero-order chi connectivity index (χ0) is 11.1. The molecule has 0 aliphatic carbocycles. The number of nitrogens with zero attached hydrogens (tertiary/aromatic N) is 2. The Balaban J connectivity index is 4.81. The lowest BCUT2D eigenvalue weighted by atomic mass is 10.3. The zero-order valence-corrected chi connectivity index (χ0v) is 8.87. The molecule has 0 aromatic rings. The molecule has 0 saturated carbocycles. The van der Waals surface area contributed by atoms with Crippen LogP contribution in [0.1, 0.15) is 27.7 Å². The summed E-state index contributed by atoms with van der Waals surface area (Å²) in [5.41, 5.74) is -0.132. The quantitative estimate of drug-likeness (QED) is 0.507. The van der Waals surface area contributed by atoms with Gasteiger partial charge >= 0.3 is 5.95 Å². The lowest BCUT2D eigenvalue weighted by molar-refractivity contribution is -0.0186. The summed E-state index contributed by atoms with van der Waals surface area (Å²) in [6.45, 7) is 7.21. The summed E-state index contributed by atoms with van der Waals surface area (Å²) in [6, 6.07) is 3.46. The maximum Gasteiger partial charge on any atom is 0.309 e. The highest BCUT2D eigenvalue weighted by molar-refractivity contribution is 5.36. The van der Waals surface area contributed by atoms with Crippen molar-refractivity contribution in [3.63, 3.8) is 0 Å². The molecule has 0 aliphatic rings. The van der Waals surface area contributed by atoms with Crippen LogP contribution in [-0.2, 0) is 9.47 Å². The van der Waals surface area contributed by atoms with E-state index in [1.54, 1.807) is 39.8 Å². The Hall–Kier alpha value is -1.68. The Kier molecular flexibility index (Phi) is 5.17. The second-order valence-corrected chi connectivity index (χ2v) is 3.22. The van der Waals surface area contributed by atoms with Crippen molar-refractivity contribution >= 4 is 0 Å². The van der Waals surface area contributed by atoms with E-state index in [0.717, 1.165) is 0 Å². The molecule has 0 spiro atoms. The van der Waals surface area contributed by atoms with Crippen molar-refractivity contribution in [3.05, 3.63) is 11.5 Å². The van der Waals surface area contributed by atoms with E-state index in [9.17, 15) is 0 Å². The second-order valence-electron chi connectivity index (χ2n) is 3.22. The lowest BCUT2D eigenvalue weighted by Gasteiger charge is -2.16. The number of hydrogen-bond acceptors (Lipinski definition) is 4. The molecule has 0 aromatic heterocycles. The minimum atomic E-state index is -0.132. The molecule has 0 amide bonds. The van der Waals surface area contributed by atoms with Crippen molar-refractivity contribution in [2.45, 2.75) is 39.9 Å². The standard InChI is InChI=1S/C10H14N2O2/c1-7(2)13-10(14-8(3)4)9(5-11)6-12/h7-8H,1-4H3. The lowest BCUT2D eigenvalue weighted by Crippen LogP contribution is -2.11. The summed E-state index contributed by atoms with van der Waals surface area (Å²) < 4.78 is 10.4. The van der Waals surface area contributed by atoms with Crippen LogP contribution in [-0.4, -0.2) is 12.2 Å². The molecule has 4 heteroatoms. The fourth-order valence-corrected chi connectivity index (χ4v) is 0.690. The van der Waals surface area contributed by atoms with Crippen molar-refractivity contribution < 1.29 is 9.47 Å². The van der Waals surface area contributed by atoms with Gasteiger partial charge in [-0.15, -0.1) is 0 Å². The van der Waals surface area contributed by atoms with E-state index < -0.39 is 0 Å². The molecule has 0 unspecified atom stereocenters. The van der Waals surface area contributed by atoms with Crippen LogP contribution in [0.4, 0.5) is 0 Å². The molecule has 0 fully saturated rings. The van der Waals surface area contributed by atoms with Crippen molar-refractivity contribution in [3.8, 4) is 12.1 Å². The molecule has 0 N–H and O–H groups in total. The molecule has 0 bridgehead atoms. The smallest absolute Gasteiger partial charge is 0.309 e. The predicted molar refractivity (Wildman–Crippen MR) is 50.7 cm³/mol. The molecule has 0 aromatic carbocycles. The molecule has 0 rings (SSSR count). The van der Waals surface area contributed by atoms with Crippen LogP contribution in [0.3, 0.4) is 0 Å². The number of hydrogen-bond donors (Lipinski definition) is 0. The van der Waals surface area contributed by atoms with E-state index in [2.05, 4.69) is 0 Å². The second kappa shape index (κ2) is 5.88. The van der Waals surface area contributed by atoms with Crippen LogP contribution >= 0.6 is 0 Å². The van der Waals surface area contributed by atoms with Crippen molar-refractivity contribution in [1.82, 2.24) is 0 Å². The van der Waals surface area contributed by atoms with Crippen molar-refractivity contribution in [1.29, 1.82) is 10.5 Å². The fourth-order valence-electron chi connectivity index (χ4n) is 0.690. The molecule has 0 atom stereocenters. The first-order valence-electron chi connectivity index (χ1n) is 4.39. The van der Waals surface area contributed by atoms with Crippen molar-refractivity contribution in [2.75, 3.05) is 0 Å². The van der Waals surface area contributed by atoms with Gasteiger partial charge in [0, 0.05) is 0 Å². The monoisotopic (exact) mass is 194 g/mol. The number of allylic oxidation sites excluding steroid dienone is 1.